The van der Waals surface area contributed by atoms with Gasteiger partial charge in [0, 0.05) is 29.1 Å². The van der Waals surface area contributed by atoms with Crippen molar-refractivity contribution >= 4 is 28.5 Å². The lowest BCUT2D eigenvalue weighted by Gasteiger charge is -2.23. The lowest BCUT2D eigenvalue weighted by Crippen LogP contribution is -2.26. The van der Waals surface area contributed by atoms with E-state index < -0.39 is 0 Å². The fraction of sp³-hybridized carbons (Fsp3) is 0.667. The molecule has 0 N–H and O–H groups in total. The van der Waals surface area contributed by atoms with Crippen LogP contribution in [-0.4, -0.2) is 23.1 Å². The average Bonchev–Trinajstić information content (AvgIpc) is 2.41. The normalized spacial score (nSPS) is 20.6. The topological polar surface area (TPSA) is 29.0 Å². The smallest absolute Gasteiger partial charge is 0.225 e. The van der Waals surface area contributed by atoms with Gasteiger partial charge in [-0.3, -0.25) is 0 Å². The largest absolute Gasteiger partial charge is 0.341 e. The third-order valence-corrected chi connectivity index (χ3v) is 3.79. The fourth-order valence-corrected chi connectivity index (χ4v) is 2.37. The molecule has 1 aliphatic heterocycles. The molecule has 0 amide bonds. The van der Waals surface area contributed by atoms with Crippen molar-refractivity contribution in [2.75, 3.05) is 18.0 Å². The molecule has 1 saturated heterocycles. The second-order valence-corrected chi connectivity index (χ2v) is 6.45. The predicted octanol–water partition coefficient (Wildman–Crippen LogP) is 3.10. The number of nitrogens with zero attached hydrogens (tertiary/aromatic N) is 3. The fourth-order valence-electron chi connectivity index (χ4n) is 2.09. The quantitative estimate of drug-likeness (QED) is 0.741. The second-order valence-electron chi connectivity index (χ2n) is 5.21. The Bertz CT molecular complexity index is 348. The molecule has 0 unspecified atom stereocenters. The molecular formula is C12H18IN3. The van der Waals surface area contributed by atoms with E-state index in [0.29, 0.717) is 5.41 Å². The van der Waals surface area contributed by atoms with Gasteiger partial charge in [0.2, 0.25) is 5.95 Å². The van der Waals surface area contributed by atoms with Gasteiger partial charge in [0.1, 0.15) is 0 Å². The summed E-state index contributed by atoms with van der Waals surface area (Å²) in [5.74, 6) is 0.887. The molecule has 0 bridgehead atoms. The summed E-state index contributed by atoms with van der Waals surface area (Å²) in [7, 11) is 0. The van der Waals surface area contributed by atoms with E-state index in [4.69, 9.17) is 0 Å². The molecule has 1 aromatic heterocycles. The highest BCUT2D eigenvalue weighted by Crippen LogP contribution is 2.30. The molecule has 88 valence electrons. The average molecular weight is 331 g/mol. The maximum absolute atomic E-state index is 4.40. The summed E-state index contributed by atoms with van der Waals surface area (Å²) in [5, 5.41) is 0. The Morgan fingerprint density at radius 3 is 2.56 bits per heavy atom. The van der Waals surface area contributed by atoms with Crippen molar-refractivity contribution < 1.29 is 0 Å². The highest BCUT2D eigenvalue weighted by atomic mass is 127. The molecule has 0 saturated carbocycles. The summed E-state index contributed by atoms with van der Waals surface area (Å²) >= 11 is 2.24. The number of anilines is 1. The highest BCUT2D eigenvalue weighted by Gasteiger charge is 2.23. The van der Waals surface area contributed by atoms with Gasteiger partial charge in [-0.25, -0.2) is 9.97 Å². The van der Waals surface area contributed by atoms with Crippen LogP contribution in [0.5, 0.6) is 0 Å². The van der Waals surface area contributed by atoms with Crippen molar-refractivity contribution in [1.29, 1.82) is 0 Å². The molecular weight excluding hydrogens is 313 g/mol. The highest BCUT2D eigenvalue weighted by molar-refractivity contribution is 14.1. The van der Waals surface area contributed by atoms with Gasteiger partial charge >= 0.3 is 0 Å². The second kappa shape index (κ2) is 4.85. The molecule has 2 heterocycles. The number of hydrogen-bond acceptors (Lipinski definition) is 3. The Hall–Kier alpha value is -0.390. The monoisotopic (exact) mass is 331 g/mol. The number of rotatable bonds is 1. The zero-order chi connectivity index (χ0) is 11.6. The molecule has 1 aliphatic rings. The van der Waals surface area contributed by atoms with E-state index in [1.165, 1.54) is 19.3 Å². The molecule has 0 spiro atoms. The summed E-state index contributed by atoms with van der Waals surface area (Å²) in [5.41, 5.74) is 0.470. The van der Waals surface area contributed by atoms with Crippen LogP contribution in [0.2, 0.25) is 0 Å². The first-order valence-electron chi connectivity index (χ1n) is 5.79. The lowest BCUT2D eigenvalue weighted by atomic mass is 9.85. The van der Waals surface area contributed by atoms with Gasteiger partial charge < -0.3 is 4.90 Å². The van der Waals surface area contributed by atoms with E-state index >= 15 is 0 Å². The van der Waals surface area contributed by atoms with Crippen LogP contribution in [-0.2, 0) is 0 Å². The van der Waals surface area contributed by atoms with Crippen molar-refractivity contribution in [2.24, 2.45) is 5.41 Å². The third-order valence-electron chi connectivity index (χ3n) is 3.23. The van der Waals surface area contributed by atoms with Crippen molar-refractivity contribution in [3.8, 4) is 0 Å². The van der Waals surface area contributed by atoms with Crippen molar-refractivity contribution in [2.45, 2.75) is 33.1 Å². The maximum Gasteiger partial charge on any atom is 0.225 e. The molecule has 1 fully saturated rings. The van der Waals surface area contributed by atoms with Crippen LogP contribution in [0, 0.1) is 8.99 Å². The molecule has 3 nitrogen and oxygen atoms in total. The first kappa shape index (κ1) is 12.1. The number of aromatic nitrogens is 2. The Kier molecular flexibility index (Phi) is 3.66. The number of hydrogen-bond donors (Lipinski definition) is 0. The molecule has 0 atom stereocenters. The van der Waals surface area contributed by atoms with Crippen molar-refractivity contribution in [3.05, 3.63) is 16.0 Å². The van der Waals surface area contributed by atoms with Crippen molar-refractivity contribution in [3.63, 3.8) is 0 Å². The number of halogens is 1. The Balaban J connectivity index is 2.08. The summed E-state index contributed by atoms with van der Waals surface area (Å²) in [6, 6.07) is 0. The van der Waals surface area contributed by atoms with Crippen molar-refractivity contribution in [1.82, 2.24) is 9.97 Å². The van der Waals surface area contributed by atoms with Gasteiger partial charge in [-0.1, -0.05) is 13.8 Å². The van der Waals surface area contributed by atoms with E-state index in [9.17, 15) is 0 Å². The molecule has 0 aromatic carbocycles. The first-order chi connectivity index (χ1) is 7.57. The molecule has 2 rings (SSSR count). The van der Waals surface area contributed by atoms with Gasteiger partial charge in [-0.05, 0) is 47.3 Å². The van der Waals surface area contributed by atoms with E-state index in [0.717, 1.165) is 22.6 Å². The van der Waals surface area contributed by atoms with Crippen LogP contribution >= 0.6 is 22.6 Å². The SMILES string of the molecule is CC1(C)CCCN(c2ncc(I)cn2)CC1. The molecule has 4 heteroatoms. The minimum absolute atomic E-state index is 0.470. The maximum atomic E-state index is 4.40. The predicted molar refractivity (Wildman–Crippen MR) is 74.6 cm³/mol. The van der Waals surface area contributed by atoms with Crippen LogP contribution in [0.3, 0.4) is 0 Å². The standard InChI is InChI=1S/C12H18IN3/c1-12(2)4-3-6-16(7-5-12)11-14-8-10(13)9-15-11/h8-9H,3-7H2,1-2H3. The summed E-state index contributed by atoms with van der Waals surface area (Å²) in [6.07, 6.45) is 7.54. The van der Waals surface area contributed by atoms with E-state index in [-0.39, 0.29) is 0 Å². The first-order valence-corrected chi connectivity index (χ1v) is 6.87. The molecule has 0 aliphatic carbocycles. The Labute approximate surface area is 111 Å². The molecule has 1 aromatic rings. The van der Waals surface area contributed by atoms with Crippen LogP contribution in [0.4, 0.5) is 5.95 Å². The zero-order valence-corrected chi connectivity index (χ0v) is 12.1. The van der Waals surface area contributed by atoms with E-state index in [1.807, 2.05) is 12.4 Å². The van der Waals surface area contributed by atoms with Gasteiger partial charge in [0.05, 0.1) is 0 Å². The zero-order valence-electron chi connectivity index (χ0n) is 9.91. The van der Waals surface area contributed by atoms with Crippen LogP contribution in [0.15, 0.2) is 12.4 Å². The molecule has 0 radical (unpaired) electrons. The van der Waals surface area contributed by atoms with Gasteiger partial charge in [-0.2, -0.15) is 0 Å². The van der Waals surface area contributed by atoms with Crippen LogP contribution in [0.25, 0.3) is 0 Å². The minimum Gasteiger partial charge on any atom is -0.341 e. The van der Waals surface area contributed by atoms with E-state index in [1.54, 1.807) is 0 Å². The minimum atomic E-state index is 0.470. The van der Waals surface area contributed by atoms with Gasteiger partial charge in [0.15, 0.2) is 0 Å². The Morgan fingerprint density at radius 2 is 1.88 bits per heavy atom. The Morgan fingerprint density at radius 1 is 1.19 bits per heavy atom. The van der Waals surface area contributed by atoms with Gasteiger partial charge in [-0.15, -0.1) is 0 Å². The summed E-state index contributed by atoms with van der Waals surface area (Å²) in [6.45, 7) is 6.87. The van der Waals surface area contributed by atoms with Gasteiger partial charge in [0.25, 0.3) is 0 Å². The summed E-state index contributed by atoms with van der Waals surface area (Å²) in [4.78, 5) is 11.1. The lowest BCUT2D eigenvalue weighted by molar-refractivity contribution is 0.325. The van der Waals surface area contributed by atoms with E-state index in [2.05, 4.69) is 51.3 Å². The van der Waals surface area contributed by atoms with Crippen LogP contribution in [0.1, 0.15) is 33.1 Å². The third kappa shape index (κ3) is 3.06. The van der Waals surface area contributed by atoms with Crippen LogP contribution < -0.4 is 4.90 Å². The molecule has 16 heavy (non-hydrogen) atoms. The summed E-state index contributed by atoms with van der Waals surface area (Å²) < 4.78 is 1.09.